The molecule has 4 rings (SSSR count). The van der Waals surface area contributed by atoms with E-state index in [2.05, 4.69) is 21.2 Å². The fourth-order valence-electron chi connectivity index (χ4n) is 4.82. The molecule has 4 aromatic rings. The number of halogens is 2. The van der Waals surface area contributed by atoms with Gasteiger partial charge < -0.3 is 15.0 Å². The number of carbonyl (C=O) groups is 2. The van der Waals surface area contributed by atoms with Crippen LogP contribution in [0.15, 0.2) is 112 Å². The third-order valence-corrected chi connectivity index (χ3v) is 9.77. The molecule has 0 aromatic heterocycles. The first-order valence-electron chi connectivity index (χ1n) is 14.8. The second-order valence-corrected chi connectivity index (χ2v) is 14.4. The van der Waals surface area contributed by atoms with Gasteiger partial charge in [-0.3, -0.25) is 13.9 Å². The van der Waals surface area contributed by atoms with Crippen LogP contribution in [0.5, 0.6) is 5.75 Å². The van der Waals surface area contributed by atoms with Gasteiger partial charge in [-0.15, -0.1) is 0 Å². The molecular weight excluding hydrogens is 690 g/mol. The lowest BCUT2D eigenvalue weighted by Gasteiger charge is -2.34. The molecule has 0 unspecified atom stereocenters. The summed E-state index contributed by atoms with van der Waals surface area (Å²) in [5, 5.41) is 3.41. The second kappa shape index (κ2) is 16.1. The molecule has 0 saturated heterocycles. The number of nitrogens with one attached hydrogen (secondary N) is 1. The lowest BCUT2D eigenvalue weighted by Crippen LogP contribution is -2.53. The number of hydrogen-bond acceptors (Lipinski definition) is 5. The Morgan fingerprint density at radius 1 is 0.891 bits per heavy atom. The Morgan fingerprint density at radius 2 is 1.54 bits per heavy atom. The molecule has 1 atom stereocenters. The second-order valence-electron chi connectivity index (χ2n) is 11.2. The predicted octanol–water partition coefficient (Wildman–Crippen LogP) is 6.72. The van der Waals surface area contributed by atoms with Crippen molar-refractivity contribution in [3.05, 3.63) is 124 Å². The lowest BCUT2D eigenvalue weighted by atomic mass is 10.0. The molecule has 0 fully saturated rings. The molecule has 46 heavy (non-hydrogen) atoms. The van der Waals surface area contributed by atoms with E-state index in [1.807, 2.05) is 68.4 Å². The van der Waals surface area contributed by atoms with E-state index in [4.69, 9.17) is 16.3 Å². The van der Waals surface area contributed by atoms with Gasteiger partial charge in [-0.1, -0.05) is 83.8 Å². The van der Waals surface area contributed by atoms with Crippen LogP contribution in [0.1, 0.15) is 25.0 Å². The van der Waals surface area contributed by atoms with Gasteiger partial charge in [0.15, 0.2) is 0 Å². The van der Waals surface area contributed by atoms with Crippen molar-refractivity contribution < 1.29 is 22.7 Å². The van der Waals surface area contributed by atoms with Gasteiger partial charge in [0.05, 0.1) is 17.7 Å². The SMILES string of the molecule is COc1ccc(S(=O)(=O)N(CC(=O)N(Cc2cccc(Br)c2)[C@H](Cc2ccccc2)C(=O)NCC(C)C)c2ccc(Cl)cc2)cc1. The first-order chi connectivity index (χ1) is 22.0. The molecule has 0 aliphatic rings. The van der Waals surface area contributed by atoms with E-state index in [0.717, 1.165) is 19.9 Å². The summed E-state index contributed by atoms with van der Waals surface area (Å²) in [5.41, 5.74) is 1.88. The van der Waals surface area contributed by atoms with Gasteiger partial charge in [-0.25, -0.2) is 8.42 Å². The van der Waals surface area contributed by atoms with Gasteiger partial charge in [0, 0.05) is 29.0 Å². The normalized spacial score (nSPS) is 12.0. The standard InChI is InChI=1S/C35H37BrClN3O5S/c1-25(2)22-38-35(42)33(21-26-8-5-4-6-9-26)39(23-27-10-7-11-28(36)20-27)34(41)24-40(30-14-12-29(37)13-15-30)46(43,44)32-18-16-31(45-3)17-19-32/h4-20,25,33H,21-24H2,1-3H3,(H,38,42)/t33-/m1/s1. The van der Waals surface area contributed by atoms with E-state index in [-0.39, 0.29) is 35.4 Å². The fraction of sp³-hybridized carbons (Fsp3) is 0.257. The number of carbonyl (C=O) groups excluding carboxylic acids is 2. The van der Waals surface area contributed by atoms with Gasteiger partial charge in [-0.05, 0) is 77.7 Å². The number of benzene rings is 4. The third-order valence-electron chi connectivity index (χ3n) is 7.24. The highest BCUT2D eigenvalue weighted by Crippen LogP contribution is 2.27. The van der Waals surface area contributed by atoms with Crippen LogP contribution in [-0.4, -0.2) is 51.4 Å². The Bertz CT molecular complexity index is 1720. The monoisotopic (exact) mass is 725 g/mol. The zero-order chi connectivity index (χ0) is 33.3. The molecular formula is C35H37BrClN3O5S. The zero-order valence-electron chi connectivity index (χ0n) is 25.9. The zero-order valence-corrected chi connectivity index (χ0v) is 29.1. The van der Waals surface area contributed by atoms with Crippen LogP contribution in [0.3, 0.4) is 0 Å². The minimum Gasteiger partial charge on any atom is -0.497 e. The Morgan fingerprint density at radius 3 is 2.15 bits per heavy atom. The summed E-state index contributed by atoms with van der Waals surface area (Å²) in [4.78, 5) is 29.8. The molecule has 8 nitrogen and oxygen atoms in total. The number of ether oxygens (including phenoxy) is 1. The van der Waals surface area contributed by atoms with Crippen LogP contribution in [0.2, 0.25) is 5.02 Å². The van der Waals surface area contributed by atoms with E-state index in [9.17, 15) is 18.0 Å². The summed E-state index contributed by atoms with van der Waals surface area (Å²) >= 11 is 9.64. The molecule has 0 aliphatic carbocycles. The molecule has 242 valence electrons. The van der Waals surface area contributed by atoms with Crippen molar-refractivity contribution in [3.63, 3.8) is 0 Å². The van der Waals surface area contributed by atoms with Crippen LogP contribution in [-0.2, 0) is 32.6 Å². The Hall–Kier alpha value is -3.86. The molecule has 0 radical (unpaired) electrons. The number of sulfonamides is 1. The summed E-state index contributed by atoms with van der Waals surface area (Å²) in [6.07, 6.45) is 0.233. The van der Waals surface area contributed by atoms with E-state index in [1.54, 1.807) is 36.4 Å². The van der Waals surface area contributed by atoms with Gasteiger partial charge >= 0.3 is 0 Å². The van der Waals surface area contributed by atoms with Gasteiger partial charge in [0.25, 0.3) is 10.0 Å². The molecule has 0 heterocycles. The summed E-state index contributed by atoms with van der Waals surface area (Å²) in [5.74, 6) is -0.195. The van der Waals surface area contributed by atoms with E-state index < -0.39 is 28.5 Å². The molecule has 11 heteroatoms. The predicted molar refractivity (Wildman–Crippen MR) is 185 cm³/mol. The highest BCUT2D eigenvalue weighted by Gasteiger charge is 2.34. The molecule has 0 bridgehead atoms. The average molecular weight is 727 g/mol. The van der Waals surface area contributed by atoms with Crippen molar-refractivity contribution in [1.29, 1.82) is 0 Å². The smallest absolute Gasteiger partial charge is 0.264 e. The maximum atomic E-state index is 14.5. The van der Waals surface area contributed by atoms with Crippen molar-refractivity contribution >= 4 is 55.1 Å². The van der Waals surface area contributed by atoms with Crippen LogP contribution < -0.4 is 14.4 Å². The quantitative estimate of drug-likeness (QED) is 0.156. The lowest BCUT2D eigenvalue weighted by molar-refractivity contribution is -0.140. The topological polar surface area (TPSA) is 96.0 Å². The van der Waals surface area contributed by atoms with Crippen LogP contribution in [0.4, 0.5) is 5.69 Å². The minimum absolute atomic E-state index is 0.0231. The fourth-order valence-corrected chi connectivity index (χ4v) is 6.81. The molecule has 2 amide bonds. The maximum Gasteiger partial charge on any atom is 0.264 e. The van der Waals surface area contributed by atoms with Gasteiger partial charge in [0.1, 0.15) is 18.3 Å². The van der Waals surface area contributed by atoms with Crippen molar-refractivity contribution in [3.8, 4) is 5.75 Å². The highest BCUT2D eigenvalue weighted by molar-refractivity contribution is 9.10. The van der Waals surface area contributed by atoms with Crippen molar-refractivity contribution in [2.75, 3.05) is 24.5 Å². The average Bonchev–Trinajstić information content (AvgIpc) is 3.05. The largest absolute Gasteiger partial charge is 0.497 e. The number of methoxy groups -OCH3 is 1. The summed E-state index contributed by atoms with van der Waals surface area (Å²) in [6.45, 7) is 3.91. The van der Waals surface area contributed by atoms with Gasteiger partial charge in [-0.2, -0.15) is 0 Å². The molecule has 0 saturated carbocycles. The van der Waals surface area contributed by atoms with E-state index >= 15 is 0 Å². The number of anilines is 1. The van der Waals surface area contributed by atoms with Crippen molar-refractivity contribution in [2.24, 2.45) is 5.92 Å². The van der Waals surface area contributed by atoms with Crippen molar-refractivity contribution in [1.82, 2.24) is 10.2 Å². The molecule has 0 spiro atoms. The molecule has 1 N–H and O–H groups in total. The van der Waals surface area contributed by atoms with Gasteiger partial charge in [0.2, 0.25) is 11.8 Å². The van der Waals surface area contributed by atoms with Crippen LogP contribution in [0.25, 0.3) is 0 Å². The number of amides is 2. The van der Waals surface area contributed by atoms with Crippen molar-refractivity contribution in [2.45, 2.75) is 37.8 Å². The first kappa shape index (κ1) is 35.0. The summed E-state index contributed by atoms with van der Waals surface area (Å²) < 4.78 is 35.4. The highest BCUT2D eigenvalue weighted by atomic mass is 79.9. The number of hydrogen-bond donors (Lipinski definition) is 1. The number of rotatable bonds is 14. The first-order valence-corrected chi connectivity index (χ1v) is 17.4. The third kappa shape index (κ3) is 9.34. The van der Waals surface area contributed by atoms with Crippen LogP contribution >= 0.6 is 27.5 Å². The Balaban J connectivity index is 1.79. The summed E-state index contributed by atoms with van der Waals surface area (Å²) in [6, 6.07) is 28.1. The van der Waals surface area contributed by atoms with E-state index in [1.165, 1.54) is 24.1 Å². The minimum atomic E-state index is -4.25. The summed E-state index contributed by atoms with van der Waals surface area (Å²) in [7, 11) is -2.76. The van der Waals surface area contributed by atoms with E-state index in [0.29, 0.717) is 17.3 Å². The number of nitrogens with zero attached hydrogens (tertiary/aromatic N) is 2. The van der Waals surface area contributed by atoms with Crippen LogP contribution in [0, 0.1) is 5.92 Å². The molecule has 4 aromatic carbocycles. The maximum absolute atomic E-state index is 14.5. The Labute approximate surface area is 284 Å². The molecule has 0 aliphatic heterocycles. The Kier molecular flexibility index (Phi) is 12.3.